The van der Waals surface area contributed by atoms with Crippen LogP contribution in [0.1, 0.15) is 67.6 Å². The monoisotopic (exact) mass is 336 g/mol. The number of unbranched alkanes of at least 4 members (excludes halogenated alkanes) is 2. The van der Waals surface area contributed by atoms with E-state index in [2.05, 4.69) is 12.2 Å². The summed E-state index contributed by atoms with van der Waals surface area (Å²) >= 11 is 0. The van der Waals surface area contributed by atoms with Gasteiger partial charge >= 0.3 is 0 Å². The standard InChI is InChI=1S/C19H16N2O4/c1-2-3-4-9-21-18(24)12-7-5-10-14-11(17(23)20-16(10)22)6-8-13(15(12)14)19(21)25/h5-8H,2-4,9H2,1H3,(H,20,22,23). The number of imide groups is 2. The van der Waals surface area contributed by atoms with Gasteiger partial charge in [0.05, 0.1) is 0 Å². The predicted octanol–water partition coefficient (Wildman–Crippen LogP) is 2.51. The number of nitrogens with zero attached hydrogens (tertiary/aromatic N) is 1. The minimum atomic E-state index is -0.508. The summed E-state index contributed by atoms with van der Waals surface area (Å²) in [5.74, 6) is -1.75. The van der Waals surface area contributed by atoms with Gasteiger partial charge < -0.3 is 0 Å². The fourth-order valence-corrected chi connectivity index (χ4v) is 3.57. The van der Waals surface area contributed by atoms with Crippen LogP contribution in [-0.2, 0) is 0 Å². The maximum atomic E-state index is 12.8. The van der Waals surface area contributed by atoms with Crippen LogP contribution in [0.15, 0.2) is 24.3 Å². The van der Waals surface area contributed by atoms with Crippen molar-refractivity contribution >= 4 is 34.4 Å². The maximum Gasteiger partial charge on any atom is 0.261 e. The van der Waals surface area contributed by atoms with E-state index in [1.807, 2.05) is 0 Å². The molecule has 6 heteroatoms. The first-order chi connectivity index (χ1) is 12.0. The van der Waals surface area contributed by atoms with Crippen LogP contribution in [0.4, 0.5) is 0 Å². The Hall–Kier alpha value is -3.02. The smallest absolute Gasteiger partial charge is 0.261 e. The van der Waals surface area contributed by atoms with Crippen LogP contribution in [0.3, 0.4) is 0 Å². The number of hydrogen-bond acceptors (Lipinski definition) is 4. The number of carbonyl (C=O) groups excluding carboxylic acids is 4. The van der Waals surface area contributed by atoms with E-state index < -0.39 is 11.8 Å². The van der Waals surface area contributed by atoms with Crippen molar-refractivity contribution in [3.05, 3.63) is 46.5 Å². The number of rotatable bonds is 4. The molecule has 0 atom stereocenters. The summed E-state index contributed by atoms with van der Waals surface area (Å²) in [6, 6.07) is 6.24. The Morgan fingerprint density at radius 2 is 1.24 bits per heavy atom. The number of benzene rings is 2. The zero-order valence-corrected chi connectivity index (χ0v) is 13.7. The van der Waals surface area contributed by atoms with Gasteiger partial charge in [0, 0.05) is 39.6 Å². The number of carbonyl (C=O) groups is 4. The SMILES string of the molecule is CCCCCN1C(=O)c2ccc3c4c(ccc(c24)C1=O)C(=O)NC3=O. The fraction of sp³-hybridized carbons (Fsp3) is 0.263. The minimum Gasteiger partial charge on any atom is -0.288 e. The highest BCUT2D eigenvalue weighted by molar-refractivity contribution is 6.33. The molecule has 0 unspecified atom stereocenters. The average Bonchev–Trinajstić information content (AvgIpc) is 2.60. The Labute approximate surface area is 143 Å². The maximum absolute atomic E-state index is 12.8. The third kappa shape index (κ3) is 2.10. The van der Waals surface area contributed by atoms with Crippen LogP contribution < -0.4 is 5.32 Å². The van der Waals surface area contributed by atoms with Crippen LogP contribution in [0.2, 0.25) is 0 Å². The molecule has 1 N–H and O–H groups in total. The van der Waals surface area contributed by atoms with E-state index in [1.165, 1.54) is 4.90 Å². The Morgan fingerprint density at radius 3 is 1.76 bits per heavy atom. The lowest BCUT2D eigenvalue weighted by Crippen LogP contribution is -2.42. The second-order valence-electron chi connectivity index (χ2n) is 6.32. The minimum absolute atomic E-state index is 0.315. The Kier molecular flexibility index (Phi) is 3.42. The van der Waals surface area contributed by atoms with Gasteiger partial charge in [-0.2, -0.15) is 0 Å². The van der Waals surface area contributed by atoms with Crippen LogP contribution in [0.5, 0.6) is 0 Å². The van der Waals surface area contributed by atoms with Gasteiger partial charge in [0.2, 0.25) is 0 Å². The summed E-state index contributed by atoms with van der Waals surface area (Å²) in [6.07, 6.45) is 2.68. The van der Waals surface area contributed by atoms with Crippen molar-refractivity contribution in [3.63, 3.8) is 0 Å². The first-order valence-electron chi connectivity index (χ1n) is 8.36. The highest BCUT2D eigenvalue weighted by atomic mass is 16.2. The van der Waals surface area contributed by atoms with Crippen molar-refractivity contribution in [2.45, 2.75) is 26.2 Å². The molecule has 0 spiro atoms. The lowest BCUT2D eigenvalue weighted by molar-refractivity contribution is 0.0606. The summed E-state index contributed by atoms with van der Waals surface area (Å²) in [6.45, 7) is 2.43. The number of nitrogens with one attached hydrogen (secondary N) is 1. The fourth-order valence-electron chi connectivity index (χ4n) is 3.57. The van der Waals surface area contributed by atoms with E-state index >= 15 is 0 Å². The van der Waals surface area contributed by atoms with Crippen molar-refractivity contribution in [2.75, 3.05) is 6.54 Å². The van der Waals surface area contributed by atoms with Crippen LogP contribution in [0, 0.1) is 0 Å². The van der Waals surface area contributed by atoms with E-state index in [9.17, 15) is 19.2 Å². The molecule has 2 aliphatic heterocycles. The van der Waals surface area contributed by atoms with Gasteiger partial charge in [-0.3, -0.25) is 29.4 Å². The zero-order chi connectivity index (χ0) is 17.7. The lowest BCUT2D eigenvalue weighted by atomic mass is 9.86. The van der Waals surface area contributed by atoms with Gasteiger partial charge in [-0.1, -0.05) is 19.8 Å². The molecule has 0 radical (unpaired) electrons. The molecule has 0 saturated heterocycles. The highest BCUT2D eigenvalue weighted by Crippen LogP contribution is 2.36. The summed E-state index contributed by atoms with van der Waals surface area (Å²) < 4.78 is 0. The van der Waals surface area contributed by atoms with Gasteiger partial charge in [0.25, 0.3) is 23.6 Å². The first-order valence-corrected chi connectivity index (χ1v) is 8.36. The second kappa shape index (κ2) is 5.51. The zero-order valence-electron chi connectivity index (χ0n) is 13.7. The van der Waals surface area contributed by atoms with Crippen LogP contribution in [-0.4, -0.2) is 35.1 Å². The molecule has 2 heterocycles. The average molecular weight is 336 g/mol. The topological polar surface area (TPSA) is 83.6 Å². The third-order valence-electron chi connectivity index (χ3n) is 4.81. The molecule has 126 valence electrons. The summed E-state index contributed by atoms with van der Waals surface area (Å²) in [7, 11) is 0. The van der Waals surface area contributed by atoms with Crippen LogP contribution >= 0.6 is 0 Å². The molecule has 2 aliphatic rings. The molecule has 6 nitrogen and oxygen atoms in total. The van der Waals surface area contributed by atoms with E-state index in [0.29, 0.717) is 39.6 Å². The van der Waals surface area contributed by atoms with Crippen LogP contribution in [0.25, 0.3) is 10.8 Å². The highest BCUT2D eigenvalue weighted by Gasteiger charge is 2.36. The Bertz CT molecular complexity index is 908. The molecular formula is C19H16N2O4. The molecule has 4 rings (SSSR count). The molecule has 4 amide bonds. The normalized spacial score (nSPS) is 15.8. The summed E-state index contributed by atoms with van der Waals surface area (Å²) in [5, 5.41) is 3.10. The molecule has 0 aliphatic carbocycles. The molecule has 0 bridgehead atoms. The Morgan fingerprint density at radius 1 is 0.760 bits per heavy atom. The van der Waals surface area contributed by atoms with Gasteiger partial charge in [0.1, 0.15) is 0 Å². The Balaban J connectivity index is 1.94. The van der Waals surface area contributed by atoms with Crippen molar-refractivity contribution < 1.29 is 19.2 Å². The van der Waals surface area contributed by atoms with E-state index in [1.54, 1.807) is 24.3 Å². The van der Waals surface area contributed by atoms with Crippen molar-refractivity contribution in [2.24, 2.45) is 0 Å². The third-order valence-corrected chi connectivity index (χ3v) is 4.81. The second-order valence-corrected chi connectivity index (χ2v) is 6.32. The van der Waals surface area contributed by atoms with Crippen molar-refractivity contribution in [3.8, 4) is 0 Å². The summed E-state index contributed by atoms with van der Waals surface area (Å²) in [4.78, 5) is 51.1. The molecule has 0 saturated carbocycles. The van der Waals surface area contributed by atoms with E-state index in [-0.39, 0.29) is 11.8 Å². The predicted molar refractivity (Wildman–Crippen MR) is 90.6 cm³/mol. The largest absolute Gasteiger partial charge is 0.288 e. The first kappa shape index (κ1) is 15.5. The summed E-state index contributed by atoms with van der Waals surface area (Å²) in [5.41, 5.74) is 1.37. The van der Waals surface area contributed by atoms with Gasteiger partial charge in [0.15, 0.2) is 0 Å². The molecule has 0 aromatic heterocycles. The van der Waals surface area contributed by atoms with Crippen molar-refractivity contribution in [1.82, 2.24) is 10.2 Å². The quantitative estimate of drug-likeness (QED) is 0.687. The number of hydrogen-bond donors (Lipinski definition) is 1. The number of amides is 4. The van der Waals surface area contributed by atoms with Gasteiger partial charge in [-0.05, 0) is 30.7 Å². The molecule has 25 heavy (non-hydrogen) atoms. The molecule has 2 aromatic rings. The lowest BCUT2D eigenvalue weighted by Gasteiger charge is -2.29. The van der Waals surface area contributed by atoms with Gasteiger partial charge in [-0.25, -0.2) is 0 Å². The van der Waals surface area contributed by atoms with E-state index in [4.69, 9.17) is 0 Å². The van der Waals surface area contributed by atoms with Gasteiger partial charge in [-0.15, -0.1) is 0 Å². The van der Waals surface area contributed by atoms with Crippen molar-refractivity contribution in [1.29, 1.82) is 0 Å². The molecule has 0 fully saturated rings. The molecule has 2 aromatic carbocycles. The van der Waals surface area contributed by atoms with E-state index in [0.717, 1.165) is 19.3 Å². The molecular weight excluding hydrogens is 320 g/mol.